The first-order chi connectivity index (χ1) is 16.7. The molecule has 0 fully saturated rings. The number of nitrogens with one attached hydrogen (secondary N) is 2. The fraction of sp³-hybridized carbons (Fsp3) is 0.200. The second-order valence-electron chi connectivity index (χ2n) is 7.28. The molecule has 0 radical (unpaired) electrons. The van der Waals surface area contributed by atoms with E-state index in [1.807, 2.05) is 31.2 Å². The molecule has 6 nitrogen and oxygen atoms in total. The molecule has 0 spiro atoms. The van der Waals surface area contributed by atoms with Gasteiger partial charge in [0.1, 0.15) is 6.61 Å². The zero-order chi connectivity index (χ0) is 25.3. The molecule has 3 aromatic carbocycles. The van der Waals surface area contributed by atoms with Crippen LogP contribution in [0, 0.1) is 0 Å². The zero-order valence-electron chi connectivity index (χ0n) is 18.7. The largest absolute Gasteiger partial charge is 0.490 e. The van der Waals surface area contributed by atoms with Gasteiger partial charge in [-0.2, -0.15) is 18.3 Å². The van der Waals surface area contributed by atoms with Gasteiger partial charge in [-0.3, -0.25) is 4.79 Å². The smallest absolute Gasteiger partial charge is 0.416 e. The van der Waals surface area contributed by atoms with Gasteiger partial charge in [0.2, 0.25) is 0 Å². The van der Waals surface area contributed by atoms with Gasteiger partial charge in [0, 0.05) is 10.2 Å². The summed E-state index contributed by atoms with van der Waals surface area (Å²) in [6.07, 6.45) is -3.02. The van der Waals surface area contributed by atoms with E-state index in [-0.39, 0.29) is 12.2 Å². The van der Waals surface area contributed by atoms with Crippen molar-refractivity contribution in [2.45, 2.75) is 19.7 Å². The van der Waals surface area contributed by atoms with Gasteiger partial charge in [-0.25, -0.2) is 5.43 Å². The third kappa shape index (κ3) is 8.32. The summed E-state index contributed by atoms with van der Waals surface area (Å²) in [5.41, 5.74) is 3.38. The van der Waals surface area contributed by atoms with Crippen LogP contribution >= 0.6 is 15.9 Å². The highest BCUT2D eigenvalue weighted by Gasteiger charge is 2.30. The molecule has 0 aliphatic rings. The van der Waals surface area contributed by atoms with Crippen molar-refractivity contribution in [3.05, 3.63) is 87.9 Å². The number of carbonyl (C=O) groups is 1. The molecule has 1 amide bonds. The predicted molar refractivity (Wildman–Crippen MR) is 132 cm³/mol. The van der Waals surface area contributed by atoms with Crippen LogP contribution in [0.15, 0.2) is 76.3 Å². The summed E-state index contributed by atoms with van der Waals surface area (Å²) in [7, 11) is 0. The fourth-order valence-electron chi connectivity index (χ4n) is 2.94. The summed E-state index contributed by atoms with van der Waals surface area (Å²) >= 11 is 3.40. The summed E-state index contributed by atoms with van der Waals surface area (Å²) in [5.74, 6) is 0.588. The van der Waals surface area contributed by atoms with Crippen molar-refractivity contribution in [2.75, 3.05) is 18.5 Å². The molecule has 3 rings (SSSR count). The number of rotatable bonds is 10. The Morgan fingerprint density at radius 3 is 2.51 bits per heavy atom. The number of benzene rings is 3. The maximum absolute atomic E-state index is 12.8. The van der Waals surface area contributed by atoms with E-state index in [1.54, 1.807) is 18.2 Å². The lowest BCUT2D eigenvalue weighted by Gasteiger charge is -2.12. The van der Waals surface area contributed by atoms with Crippen molar-refractivity contribution in [3.63, 3.8) is 0 Å². The van der Waals surface area contributed by atoms with E-state index in [0.29, 0.717) is 30.3 Å². The van der Waals surface area contributed by atoms with Gasteiger partial charge in [-0.1, -0.05) is 34.1 Å². The molecule has 0 heterocycles. The summed E-state index contributed by atoms with van der Waals surface area (Å²) < 4.78 is 50.9. The van der Waals surface area contributed by atoms with E-state index in [9.17, 15) is 18.0 Å². The maximum atomic E-state index is 12.8. The summed E-state index contributed by atoms with van der Waals surface area (Å²) in [6.45, 7) is 2.42. The number of ether oxygens (including phenoxy) is 2. The molecule has 2 N–H and O–H groups in total. The van der Waals surface area contributed by atoms with E-state index in [1.165, 1.54) is 18.3 Å². The average molecular weight is 550 g/mol. The minimum absolute atomic E-state index is 0.180. The molecule has 0 aliphatic heterocycles. The standard InChI is InChI=1S/C25H23BrF3N3O3/c1-2-34-23-12-18(8-11-22(23)35-16-17-6-9-20(26)10-7-17)14-31-32-24(33)15-30-21-5-3-4-19(13-21)25(27,28)29/h3-14,30H,2,15-16H2,1H3,(H,32,33)/b31-14-. The zero-order valence-corrected chi connectivity index (χ0v) is 20.3. The van der Waals surface area contributed by atoms with E-state index in [0.717, 1.165) is 22.2 Å². The third-order valence-electron chi connectivity index (χ3n) is 4.62. The molecule has 35 heavy (non-hydrogen) atoms. The van der Waals surface area contributed by atoms with Crippen molar-refractivity contribution in [1.29, 1.82) is 0 Å². The lowest BCUT2D eigenvalue weighted by Crippen LogP contribution is -2.26. The Kier molecular flexibility index (Phi) is 9.13. The Labute approximate surface area is 209 Å². The molecule has 0 aromatic heterocycles. The minimum Gasteiger partial charge on any atom is -0.490 e. The van der Waals surface area contributed by atoms with Crippen LogP contribution in [0.25, 0.3) is 0 Å². The predicted octanol–water partition coefficient (Wildman–Crippen LogP) is 6.01. The lowest BCUT2D eigenvalue weighted by atomic mass is 10.2. The van der Waals surface area contributed by atoms with Gasteiger partial charge < -0.3 is 14.8 Å². The summed E-state index contributed by atoms with van der Waals surface area (Å²) in [6, 6.07) is 17.6. The minimum atomic E-state index is -4.45. The number of nitrogens with zero attached hydrogens (tertiary/aromatic N) is 1. The van der Waals surface area contributed by atoms with Crippen molar-refractivity contribution in [3.8, 4) is 11.5 Å². The van der Waals surface area contributed by atoms with Crippen LogP contribution in [0.4, 0.5) is 18.9 Å². The number of hydrogen-bond acceptors (Lipinski definition) is 5. The van der Waals surface area contributed by atoms with Gasteiger partial charge in [-0.15, -0.1) is 0 Å². The van der Waals surface area contributed by atoms with Gasteiger partial charge in [0.15, 0.2) is 11.5 Å². The van der Waals surface area contributed by atoms with E-state index in [4.69, 9.17) is 9.47 Å². The van der Waals surface area contributed by atoms with Crippen molar-refractivity contribution >= 4 is 33.7 Å². The van der Waals surface area contributed by atoms with Crippen LogP contribution in [-0.4, -0.2) is 25.3 Å². The fourth-order valence-corrected chi connectivity index (χ4v) is 3.20. The molecule has 0 unspecified atom stereocenters. The quantitative estimate of drug-likeness (QED) is 0.240. The summed E-state index contributed by atoms with van der Waals surface area (Å²) in [5, 5.41) is 6.54. The van der Waals surface area contributed by atoms with Gasteiger partial charge in [0.05, 0.1) is 24.9 Å². The monoisotopic (exact) mass is 549 g/mol. The van der Waals surface area contributed by atoms with Crippen LogP contribution < -0.4 is 20.2 Å². The van der Waals surface area contributed by atoms with Crippen LogP contribution in [0.3, 0.4) is 0 Å². The number of hydrogen-bond donors (Lipinski definition) is 2. The van der Waals surface area contributed by atoms with E-state index < -0.39 is 17.6 Å². The van der Waals surface area contributed by atoms with Gasteiger partial charge >= 0.3 is 6.18 Å². The van der Waals surface area contributed by atoms with Crippen LogP contribution in [0.1, 0.15) is 23.6 Å². The van der Waals surface area contributed by atoms with Crippen molar-refractivity contribution in [2.24, 2.45) is 5.10 Å². The first-order valence-electron chi connectivity index (χ1n) is 10.6. The van der Waals surface area contributed by atoms with Gasteiger partial charge in [0.25, 0.3) is 5.91 Å². The van der Waals surface area contributed by atoms with Crippen LogP contribution in [-0.2, 0) is 17.6 Å². The molecular weight excluding hydrogens is 527 g/mol. The van der Waals surface area contributed by atoms with Crippen LogP contribution in [0.5, 0.6) is 11.5 Å². The number of amides is 1. The number of anilines is 1. The topological polar surface area (TPSA) is 72.0 Å². The Morgan fingerprint density at radius 2 is 1.80 bits per heavy atom. The van der Waals surface area contributed by atoms with Crippen LogP contribution in [0.2, 0.25) is 0 Å². The molecule has 0 saturated carbocycles. The van der Waals surface area contributed by atoms with Crippen molar-refractivity contribution in [1.82, 2.24) is 5.43 Å². The average Bonchev–Trinajstić information content (AvgIpc) is 2.83. The Bertz CT molecular complexity index is 1170. The molecule has 3 aromatic rings. The molecule has 10 heteroatoms. The normalized spacial score (nSPS) is 11.3. The SMILES string of the molecule is CCOc1cc(/C=N\NC(=O)CNc2cccc(C(F)(F)F)c2)ccc1OCc1ccc(Br)cc1. The van der Waals surface area contributed by atoms with Crippen molar-refractivity contribution < 1.29 is 27.4 Å². The molecule has 0 bridgehead atoms. The maximum Gasteiger partial charge on any atom is 0.416 e. The molecule has 0 aliphatic carbocycles. The molecule has 0 atom stereocenters. The Balaban J connectivity index is 1.54. The molecule has 0 saturated heterocycles. The highest BCUT2D eigenvalue weighted by molar-refractivity contribution is 9.10. The number of alkyl halides is 3. The third-order valence-corrected chi connectivity index (χ3v) is 5.15. The Morgan fingerprint density at radius 1 is 1.03 bits per heavy atom. The number of halogens is 4. The van der Waals surface area contributed by atoms with Gasteiger partial charge in [-0.05, 0) is 66.6 Å². The highest BCUT2D eigenvalue weighted by atomic mass is 79.9. The second kappa shape index (κ2) is 12.3. The Hall–Kier alpha value is -3.53. The van der Waals surface area contributed by atoms with E-state index >= 15 is 0 Å². The first kappa shape index (κ1) is 26.1. The summed E-state index contributed by atoms with van der Waals surface area (Å²) in [4.78, 5) is 12.0. The van der Waals surface area contributed by atoms with E-state index in [2.05, 4.69) is 31.8 Å². The lowest BCUT2D eigenvalue weighted by molar-refractivity contribution is -0.137. The molecule has 184 valence electrons. The molecular formula is C25H23BrF3N3O3. The second-order valence-corrected chi connectivity index (χ2v) is 8.20. The number of carbonyl (C=O) groups excluding carboxylic acids is 1. The highest BCUT2D eigenvalue weighted by Crippen LogP contribution is 2.31. The number of hydrazone groups is 1. The first-order valence-corrected chi connectivity index (χ1v) is 11.4.